The van der Waals surface area contributed by atoms with E-state index in [2.05, 4.69) is 0 Å². The summed E-state index contributed by atoms with van der Waals surface area (Å²) in [6.45, 7) is 1.69. The van der Waals surface area contributed by atoms with Crippen molar-refractivity contribution in [1.29, 1.82) is 0 Å². The highest BCUT2D eigenvalue weighted by atomic mass is 19.3. The first-order valence-electron chi connectivity index (χ1n) is 3.58. The maximum Gasteiger partial charge on any atom is 0.249 e. The third kappa shape index (κ3) is 1.90. The number of rotatable bonds is 0. The largest absolute Gasteiger partial charge is 0.325 e. The van der Waals surface area contributed by atoms with Gasteiger partial charge in [-0.15, -0.1) is 0 Å². The summed E-state index contributed by atoms with van der Waals surface area (Å²) in [6.07, 6.45) is 1.14. The van der Waals surface area contributed by atoms with Crippen LogP contribution in [0.1, 0.15) is 32.6 Å². The van der Waals surface area contributed by atoms with Crippen LogP contribution in [0.4, 0.5) is 8.78 Å². The topological polar surface area (TPSA) is 26.0 Å². The van der Waals surface area contributed by atoms with Gasteiger partial charge in [0.1, 0.15) is 0 Å². The van der Waals surface area contributed by atoms with Crippen LogP contribution in [-0.2, 0) is 0 Å². The van der Waals surface area contributed by atoms with E-state index in [0.717, 1.165) is 6.42 Å². The van der Waals surface area contributed by atoms with Gasteiger partial charge in [-0.3, -0.25) is 0 Å². The summed E-state index contributed by atoms with van der Waals surface area (Å²) in [4.78, 5) is 0. The molecule has 1 saturated carbocycles. The summed E-state index contributed by atoms with van der Waals surface area (Å²) in [5.41, 5.74) is 4.94. The fourth-order valence-corrected chi connectivity index (χ4v) is 1.52. The fourth-order valence-electron chi connectivity index (χ4n) is 1.52. The highest BCUT2D eigenvalue weighted by Crippen LogP contribution is 2.37. The molecule has 2 N–H and O–H groups in total. The minimum atomic E-state index is -2.51. The Morgan fingerprint density at radius 3 is 2.20 bits per heavy atom. The highest BCUT2D eigenvalue weighted by Gasteiger charge is 2.40. The molecule has 1 unspecified atom stereocenters. The standard InChI is InChI=1S/C7H13F2N/c1-6(10)3-2-4-7(8,9)5-6/h2-5,10H2,1H3. The lowest BCUT2D eigenvalue weighted by atomic mass is 9.82. The van der Waals surface area contributed by atoms with Gasteiger partial charge in [-0.1, -0.05) is 0 Å². The second-order valence-electron chi connectivity index (χ2n) is 3.54. The van der Waals surface area contributed by atoms with Crippen molar-refractivity contribution in [2.24, 2.45) is 5.73 Å². The lowest BCUT2D eigenvalue weighted by molar-refractivity contribution is -0.0558. The second-order valence-corrected chi connectivity index (χ2v) is 3.54. The smallest absolute Gasteiger partial charge is 0.249 e. The van der Waals surface area contributed by atoms with Crippen molar-refractivity contribution in [1.82, 2.24) is 0 Å². The Bertz CT molecular complexity index is 118. The average molecular weight is 149 g/mol. The lowest BCUT2D eigenvalue weighted by Crippen LogP contribution is -2.45. The van der Waals surface area contributed by atoms with Gasteiger partial charge in [-0.25, -0.2) is 8.78 Å². The third-order valence-electron chi connectivity index (χ3n) is 1.95. The van der Waals surface area contributed by atoms with Crippen molar-refractivity contribution in [3.8, 4) is 0 Å². The van der Waals surface area contributed by atoms with E-state index < -0.39 is 11.5 Å². The summed E-state index contributed by atoms with van der Waals surface area (Å²) in [5.74, 6) is -2.51. The van der Waals surface area contributed by atoms with Crippen LogP contribution in [0.2, 0.25) is 0 Å². The van der Waals surface area contributed by atoms with E-state index >= 15 is 0 Å². The Hall–Kier alpha value is -0.180. The van der Waals surface area contributed by atoms with E-state index in [0.29, 0.717) is 6.42 Å². The predicted molar refractivity (Wildman–Crippen MR) is 36.0 cm³/mol. The molecular weight excluding hydrogens is 136 g/mol. The molecule has 0 radical (unpaired) electrons. The van der Waals surface area contributed by atoms with Crippen LogP contribution < -0.4 is 5.73 Å². The van der Waals surface area contributed by atoms with Crippen molar-refractivity contribution in [2.75, 3.05) is 0 Å². The van der Waals surface area contributed by atoms with Crippen molar-refractivity contribution >= 4 is 0 Å². The number of hydrogen-bond acceptors (Lipinski definition) is 1. The van der Waals surface area contributed by atoms with Crippen molar-refractivity contribution < 1.29 is 8.78 Å². The fraction of sp³-hybridized carbons (Fsp3) is 1.00. The summed E-state index contributed by atoms with van der Waals surface area (Å²) in [7, 11) is 0. The van der Waals surface area contributed by atoms with E-state index in [9.17, 15) is 8.78 Å². The maximum absolute atomic E-state index is 12.6. The normalized spacial score (nSPS) is 39.6. The van der Waals surface area contributed by atoms with Gasteiger partial charge < -0.3 is 5.73 Å². The molecule has 0 heterocycles. The maximum atomic E-state index is 12.6. The third-order valence-corrected chi connectivity index (χ3v) is 1.95. The Labute approximate surface area is 59.6 Å². The van der Waals surface area contributed by atoms with E-state index in [-0.39, 0.29) is 12.8 Å². The highest BCUT2D eigenvalue weighted by molar-refractivity contribution is 4.90. The van der Waals surface area contributed by atoms with Crippen LogP contribution in [0.3, 0.4) is 0 Å². The minimum absolute atomic E-state index is 0.0137. The van der Waals surface area contributed by atoms with E-state index in [1.165, 1.54) is 0 Å². The number of nitrogens with two attached hydrogens (primary N) is 1. The first-order chi connectivity index (χ1) is 4.41. The molecule has 0 amide bonds. The van der Waals surface area contributed by atoms with Crippen molar-refractivity contribution in [3.63, 3.8) is 0 Å². The van der Waals surface area contributed by atoms with Crippen LogP contribution in [0.5, 0.6) is 0 Å². The summed E-state index contributed by atoms with van der Waals surface area (Å²) >= 11 is 0. The molecule has 3 heteroatoms. The molecule has 1 aliphatic rings. The quantitative estimate of drug-likeness (QED) is 0.559. The van der Waals surface area contributed by atoms with E-state index in [1.807, 2.05) is 0 Å². The molecule has 1 atom stereocenters. The predicted octanol–water partition coefficient (Wildman–Crippen LogP) is 1.91. The monoisotopic (exact) mass is 149 g/mol. The first kappa shape index (κ1) is 7.92. The molecule has 1 aliphatic carbocycles. The summed E-state index contributed by atoms with van der Waals surface area (Å²) in [6, 6.07) is 0. The van der Waals surface area contributed by atoms with Crippen LogP contribution in [-0.4, -0.2) is 11.5 Å². The Kier molecular flexibility index (Phi) is 1.71. The molecule has 0 aromatic heterocycles. The molecule has 10 heavy (non-hydrogen) atoms. The minimum Gasteiger partial charge on any atom is -0.325 e. The molecule has 0 aliphatic heterocycles. The SMILES string of the molecule is CC1(N)CCCC(F)(F)C1. The zero-order valence-corrected chi connectivity index (χ0v) is 6.16. The first-order valence-corrected chi connectivity index (χ1v) is 3.58. The van der Waals surface area contributed by atoms with Gasteiger partial charge >= 0.3 is 0 Å². The molecule has 1 rings (SSSR count). The molecule has 0 aromatic rings. The van der Waals surface area contributed by atoms with Crippen molar-refractivity contribution in [2.45, 2.75) is 44.1 Å². The van der Waals surface area contributed by atoms with Gasteiger partial charge in [0.05, 0.1) is 0 Å². The van der Waals surface area contributed by atoms with E-state index in [4.69, 9.17) is 5.73 Å². The van der Waals surface area contributed by atoms with E-state index in [1.54, 1.807) is 6.92 Å². The summed E-state index contributed by atoms with van der Waals surface area (Å²) in [5, 5.41) is 0. The van der Waals surface area contributed by atoms with Crippen LogP contribution in [0.15, 0.2) is 0 Å². The number of alkyl halides is 2. The number of hydrogen-bond donors (Lipinski definition) is 1. The van der Waals surface area contributed by atoms with Gasteiger partial charge in [-0.2, -0.15) is 0 Å². The molecule has 1 nitrogen and oxygen atoms in total. The van der Waals surface area contributed by atoms with Gasteiger partial charge in [-0.05, 0) is 19.8 Å². The molecule has 0 spiro atoms. The van der Waals surface area contributed by atoms with Crippen LogP contribution in [0, 0.1) is 0 Å². The Morgan fingerprint density at radius 1 is 1.30 bits per heavy atom. The van der Waals surface area contributed by atoms with Gasteiger partial charge in [0.2, 0.25) is 5.92 Å². The zero-order valence-electron chi connectivity index (χ0n) is 6.16. The Balaban J connectivity index is 2.56. The molecule has 0 aromatic carbocycles. The van der Waals surface area contributed by atoms with Crippen molar-refractivity contribution in [3.05, 3.63) is 0 Å². The molecule has 60 valence electrons. The summed E-state index contributed by atoms with van der Waals surface area (Å²) < 4.78 is 25.2. The second kappa shape index (κ2) is 2.16. The van der Waals surface area contributed by atoms with Crippen LogP contribution in [0.25, 0.3) is 0 Å². The van der Waals surface area contributed by atoms with Gasteiger partial charge in [0.15, 0.2) is 0 Å². The molecule has 1 fully saturated rings. The lowest BCUT2D eigenvalue weighted by Gasteiger charge is -2.34. The zero-order chi connectivity index (χ0) is 7.83. The molecule has 0 bridgehead atoms. The molecule has 0 saturated heterocycles. The number of halogens is 2. The average Bonchev–Trinajstić information content (AvgIpc) is 1.56. The van der Waals surface area contributed by atoms with Gasteiger partial charge in [0.25, 0.3) is 0 Å². The van der Waals surface area contributed by atoms with Gasteiger partial charge in [0, 0.05) is 18.4 Å². The Morgan fingerprint density at radius 2 is 1.90 bits per heavy atom. The van der Waals surface area contributed by atoms with Crippen LogP contribution >= 0.6 is 0 Å². The molecular formula is C7H13F2N.